The molecular weight excluding hydrogens is 284 g/mol. The predicted molar refractivity (Wildman–Crippen MR) is 83.3 cm³/mol. The Morgan fingerprint density at radius 3 is 2.95 bits per heavy atom. The molecule has 1 fully saturated rings. The van der Waals surface area contributed by atoms with Crippen LogP contribution >= 0.6 is 0 Å². The van der Waals surface area contributed by atoms with E-state index in [0.717, 1.165) is 19.7 Å². The smallest absolute Gasteiger partial charge is 0.257 e. The first-order valence-corrected chi connectivity index (χ1v) is 7.48. The highest BCUT2D eigenvalue weighted by atomic mass is 16.5. The number of methoxy groups -OCH3 is 1. The van der Waals surface area contributed by atoms with Crippen molar-refractivity contribution in [2.24, 2.45) is 5.92 Å². The Balaban J connectivity index is 1.73. The Morgan fingerprint density at radius 2 is 2.18 bits per heavy atom. The maximum Gasteiger partial charge on any atom is 0.257 e. The van der Waals surface area contributed by atoms with Crippen LogP contribution in [0.2, 0.25) is 0 Å². The topological polar surface area (TPSA) is 60.0 Å². The van der Waals surface area contributed by atoms with Gasteiger partial charge in [0.15, 0.2) is 18.1 Å². The van der Waals surface area contributed by atoms with Crippen LogP contribution in [0.25, 0.3) is 0 Å². The molecule has 6 heteroatoms. The van der Waals surface area contributed by atoms with Crippen molar-refractivity contribution in [3.8, 4) is 11.5 Å². The number of ether oxygens (including phenoxy) is 3. The summed E-state index contributed by atoms with van der Waals surface area (Å²) in [6.07, 6.45) is 0. The summed E-state index contributed by atoms with van der Waals surface area (Å²) in [6, 6.07) is 7.27. The van der Waals surface area contributed by atoms with Crippen LogP contribution in [0.4, 0.5) is 0 Å². The van der Waals surface area contributed by atoms with E-state index in [4.69, 9.17) is 14.2 Å². The molecular formula is C16H24N2O4. The monoisotopic (exact) mass is 308 g/mol. The molecule has 122 valence electrons. The van der Waals surface area contributed by atoms with Gasteiger partial charge in [-0.2, -0.15) is 0 Å². The second-order valence-corrected chi connectivity index (χ2v) is 5.45. The van der Waals surface area contributed by atoms with Gasteiger partial charge in [-0.25, -0.2) is 0 Å². The SMILES string of the molecule is COc1ccccc1OCC(=O)NC[C@H]1COCCN(C)C1. The van der Waals surface area contributed by atoms with Gasteiger partial charge in [-0.3, -0.25) is 4.79 Å². The summed E-state index contributed by atoms with van der Waals surface area (Å²) in [6.45, 7) is 3.85. The summed E-state index contributed by atoms with van der Waals surface area (Å²) in [5.74, 6) is 1.35. The zero-order valence-electron chi connectivity index (χ0n) is 13.2. The van der Waals surface area contributed by atoms with Gasteiger partial charge in [-0.1, -0.05) is 12.1 Å². The second kappa shape index (κ2) is 8.60. The summed E-state index contributed by atoms with van der Waals surface area (Å²) >= 11 is 0. The van der Waals surface area contributed by atoms with Crippen LogP contribution in [-0.4, -0.2) is 64.4 Å². The van der Waals surface area contributed by atoms with E-state index in [9.17, 15) is 4.79 Å². The van der Waals surface area contributed by atoms with Gasteiger partial charge in [0.2, 0.25) is 0 Å². The minimum absolute atomic E-state index is 0.0240. The van der Waals surface area contributed by atoms with Crippen molar-refractivity contribution in [2.45, 2.75) is 0 Å². The van der Waals surface area contributed by atoms with Crippen LogP contribution < -0.4 is 14.8 Å². The van der Waals surface area contributed by atoms with Crippen LogP contribution in [-0.2, 0) is 9.53 Å². The number of carbonyl (C=O) groups excluding carboxylic acids is 1. The highest BCUT2D eigenvalue weighted by Gasteiger charge is 2.17. The molecule has 2 rings (SSSR count). The maximum atomic E-state index is 11.9. The zero-order chi connectivity index (χ0) is 15.8. The summed E-state index contributed by atoms with van der Waals surface area (Å²) in [7, 11) is 3.64. The number of hydrogen-bond acceptors (Lipinski definition) is 5. The van der Waals surface area contributed by atoms with Gasteiger partial charge in [0.05, 0.1) is 20.3 Å². The number of hydrogen-bond donors (Lipinski definition) is 1. The lowest BCUT2D eigenvalue weighted by Crippen LogP contribution is -2.37. The molecule has 0 spiro atoms. The quantitative estimate of drug-likeness (QED) is 0.841. The van der Waals surface area contributed by atoms with Gasteiger partial charge in [-0.05, 0) is 19.2 Å². The fraction of sp³-hybridized carbons (Fsp3) is 0.562. The van der Waals surface area contributed by atoms with Crippen LogP contribution in [0.15, 0.2) is 24.3 Å². The van der Waals surface area contributed by atoms with Crippen molar-refractivity contribution < 1.29 is 19.0 Å². The van der Waals surface area contributed by atoms with Crippen molar-refractivity contribution in [3.63, 3.8) is 0 Å². The molecule has 1 atom stereocenters. The number of nitrogens with zero attached hydrogens (tertiary/aromatic N) is 1. The van der Waals surface area contributed by atoms with Crippen molar-refractivity contribution in [1.29, 1.82) is 0 Å². The molecule has 1 aromatic rings. The third-order valence-electron chi connectivity index (χ3n) is 3.56. The third kappa shape index (κ3) is 5.20. The van der Waals surface area contributed by atoms with Crippen LogP contribution in [0.1, 0.15) is 0 Å². The van der Waals surface area contributed by atoms with Crippen molar-refractivity contribution in [1.82, 2.24) is 10.2 Å². The highest BCUT2D eigenvalue weighted by Crippen LogP contribution is 2.25. The zero-order valence-corrected chi connectivity index (χ0v) is 13.2. The Bertz CT molecular complexity index is 481. The van der Waals surface area contributed by atoms with Gasteiger partial charge in [0.25, 0.3) is 5.91 Å². The molecule has 0 bridgehead atoms. The van der Waals surface area contributed by atoms with Gasteiger partial charge >= 0.3 is 0 Å². The van der Waals surface area contributed by atoms with E-state index in [-0.39, 0.29) is 12.5 Å². The first kappa shape index (κ1) is 16.6. The fourth-order valence-electron chi connectivity index (χ4n) is 2.37. The molecule has 1 aliphatic heterocycles. The van der Waals surface area contributed by atoms with E-state index in [1.807, 2.05) is 12.1 Å². The molecule has 0 aromatic heterocycles. The lowest BCUT2D eigenvalue weighted by molar-refractivity contribution is -0.123. The fourth-order valence-corrected chi connectivity index (χ4v) is 2.37. The number of rotatable bonds is 6. The largest absolute Gasteiger partial charge is 0.493 e. The van der Waals surface area contributed by atoms with E-state index in [0.29, 0.717) is 30.6 Å². The average molecular weight is 308 g/mol. The predicted octanol–water partition coefficient (Wildman–Crippen LogP) is 0.768. The first-order valence-electron chi connectivity index (χ1n) is 7.48. The Labute approximate surface area is 131 Å². The van der Waals surface area contributed by atoms with Crippen molar-refractivity contribution in [3.05, 3.63) is 24.3 Å². The van der Waals surface area contributed by atoms with Gasteiger partial charge in [0.1, 0.15) is 0 Å². The number of para-hydroxylation sites is 2. The van der Waals surface area contributed by atoms with E-state index >= 15 is 0 Å². The molecule has 1 aromatic carbocycles. The minimum Gasteiger partial charge on any atom is -0.493 e. The van der Waals surface area contributed by atoms with Gasteiger partial charge < -0.3 is 24.4 Å². The molecule has 1 amide bonds. The maximum absolute atomic E-state index is 11.9. The average Bonchev–Trinajstić information content (AvgIpc) is 2.75. The lowest BCUT2D eigenvalue weighted by atomic mass is 10.1. The van der Waals surface area contributed by atoms with Gasteiger partial charge in [0, 0.05) is 25.6 Å². The molecule has 0 saturated carbocycles. The highest BCUT2D eigenvalue weighted by molar-refractivity contribution is 5.77. The lowest BCUT2D eigenvalue weighted by Gasteiger charge is -2.19. The first-order chi connectivity index (χ1) is 10.7. The molecule has 1 aliphatic rings. The normalized spacial score (nSPS) is 19.3. The number of carbonyl (C=O) groups is 1. The second-order valence-electron chi connectivity index (χ2n) is 5.45. The molecule has 0 unspecified atom stereocenters. The van der Waals surface area contributed by atoms with E-state index in [1.54, 1.807) is 19.2 Å². The van der Waals surface area contributed by atoms with E-state index in [1.165, 1.54) is 0 Å². The molecule has 0 radical (unpaired) electrons. The standard InChI is InChI=1S/C16H24N2O4/c1-18-7-8-21-11-13(10-18)9-17-16(19)12-22-15-6-4-3-5-14(15)20-2/h3-6,13H,7-12H2,1-2H3,(H,17,19)/t13-/m1/s1. The van der Waals surface area contributed by atoms with E-state index < -0.39 is 0 Å². The van der Waals surface area contributed by atoms with E-state index in [2.05, 4.69) is 17.3 Å². The van der Waals surface area contributed by atoms with Crippen molar-refractivity contribution >= 4 is 5.91 Å². The number of nitrogens with one attached hydrogen (secondary N) is 1. The Morgan fingerprint density at radius 1 is 1.41 bits per heavy atom. The molecule has 22 heavy (non-hydrogen) atoms. The Hall–Kier alpha value is -1.79. The summed E-state index contributed by atoms with van der Waals surface area (Å²) in [5, 5.41) is 2.90. The van der Waals surface area contributed by atoms with Crippen molar-refractivity contribution in [2.75, 3.05) is 53.6 Å². The van der Waals surface area contributed by atoms with Gasteiger partial charge in [-0.15, -0.1) is 0 Å². The minimum atomic E-state index is -0.141. The van der Waals surface area contributed by atoms with Crippen LogP contribution in [0.3, 0.4) is 0 Å². The molecule has 1 saturated heterocycles. The Kier molecular flexibility index (Phi) is 6.48. The number of likely N-dealkylation sites (N-methyl/N-ethyl adjacent to an activating group) is 1. The van der Waals surface area contributed by atoms with Crippen LogP contribution in [0.5, 0.6) is 11.5 Å². The third-order valence-corrected chi connectivity index (χ3v) is 3.56. The molecule has 1 heterocycles. The molecule has 6 nitrogen and oxygen atoms in total. The molecule has 1 N–H and O–H groups in total. The summed E-state index contributed by atoms with van der Waals surface area (Å²) < 4.78 is 16.2. The number of amides is 1. The molecule has 0 aliphatic carbocycles. The number of benzene rings is 1. The van der Waals surface area contributed by atoms with Crippen LogP contribution in [0, 0.1) is 5.92 Å². The summed E-state index contributed by atoms with van der Waals surface area (Å²) in [4.78, 5) is 14.1. The summed E-state index contributed by atoms with van der Waals surface area (Å²) in [5.41, 5.74) is 0.